The minimum atomic E-state index is -4.55. The van der Waals surface area contributed by atoms with Gasteiger partial charge in [0.05, 0.1) is 0 Å². The van der Waals surface area contributed by atoms with Gasteiger partial charge in [-0.2, -0.15) is 13.2 Å². The smallest absolute Gasteiger partial charge is 0.355 e. The highest BCUT2D eigenvalue weighted by molar-refractivity contribution is 6.05. The van der Waals surface area contributed by atoms with Gasteiger partial charge in [-0.05, 0) is 24.1 Å². The Balaban J connectivity index is 1.92. The number of benzene rings is 2. The molecule has 1 amide bonds. The molecule has 0 radical (unpaired) electrons. The standard InChI is InChI=1S/C20H17F3N2O2/c1-2-14-8-10-16(11-9-14)25(13-20(21,22)23)19(26)17-12-18(27-24-17)15-6-4-3-5-7-15/h3-12H,2,13H2,1H3. The number of aromatic nitrogens is 1. The summed E-state index contributed by atoms with van der Waals surface area (Å²) >= 11 is 0. The van der Waals surface area contributed by atoms with Crippen molar-refractivity contribution in [2.45, 2.75) is 19.5 Å². The monoisotopic (exact) mass is 374 g/mol. The normalized spacial score (nSPS) is 11.4. The maximum absolute atomic E-state index is 13.0. The highest BCUT2D eigenvalue weighted by Crippen LogP contribution is 2.26. The summed E-state index contributed by atoms with van der Waals surface area (Å²) in [5.41, 5.74) is 1.61. The summed E-state index contributed by atoms with van der Waals surface area (Å²) in [5.74, 6) is -0.560. The molecule has 3 aromatic rings. The van der Waals surface area contributed by atoms with Gasteiger partial charge in [-0.3, -0.25) is 9.69 Å². The van der Waals surface area contributed by atoms with Gasteiger partial charge >= 0.3 is 6.18 Å². The number of hydrogen-bond acceptors (Lipinski definition) is 3. The third kappa shape index (κ3) is 4.55. The summed E-state index contributed by atoms with van der Waals surface area (Å²) in [6.45, 7) is 0.527. The lowest BCUT2D eigenvalue weighted by Gasteiger charge is -2.23. The molecule has 2 aromatic carbocycles. The number of carbonyl (C=O) groups excluding carboxylic acids is 1. The molecule has 0 bridgehead atoms. The van der Waals surface area contributed by atoms with E-state index in [1.54, 1.807) is 36.4 Å². The molecule has 27 heavy (non-hydrogen) atoms. The molecule has 1 heterocycles. The van der Waals surface area contributed by atoms with E-state index in [4.69, 9.17) is 4.52 Å². The molecule has 0 unspecified atom stereocenters. The van der Waals surface area contributed by atoms with Crippen LogP contribution in [0.4, 0.5) is 18.9 Å². The lowest BCUT2D eigenvalue weighted by Crippen LogP contribution is -2.39. The van der Waals surface area contributed by atoms with Crippen LogP contribution in [0.15, 0.2) is 65.2 Å². The van der Waals surface area contributed by atoms with Crippen LogP contribution in [0.3, 0.4) is 0 Å². The van der Waals surface area contributed by atoms with E-state index in [1.807, 2.05) is 13.0 Å². The second-order valence-corrected chi connectivity index (χ2v) is 5.97. The van der Waals surface area contributed by atoms with Crippen molar-refractivity contribution in [2.24, 2.45) is 0 Å². The lowest BCUT2D eigenvalue weighted by atomic mass is 10.1. The van der Waals surface area contributed by atoms with Crippen molar-refractivity contribution in [3.8, 4) is 11.3 Å². The first-order chi connectivity index (χ1) is 12.9. The molecule has 0 aliphatic heterocycles. The zero-order chi connectivity index (χ0) is 19.4. The number of halogens is 3. The average Bonchev–Trinajstić information content (AvgIpc) is 3.16. The zero-order valence-corrected chi connectivity index (χ0v) is 14.5. The first-order valence-electron chi connectivity index (χ1n) is 8.37. The molecule has 7 heteroatoms. The van der Waals surface area contributed by atoms with E-state index in [2.05, 4.69) is 5.16 Å². The average molecular weight is 374 g/mol. The molecular weight excluding hydrogens is 357 g/mol. The van der Waals surface area contributed by atoms with Gasteiger partial charge in [0.25, 0.3) is 5.91 Å². The van der Waals surface area contributed by atoms with Crippen LogP contribution in [0.5, 0.6) is 0 Å². The van der Waals surface area contributed by atoms with Gasteiger partial charge in [0.2, 0.25) is 0 Å². The van der Waals surface area contributed by atoms with Gasteiger partial charge in [-0.15, -0.1) is 0 Å². The molecular formula is C20H17F3N2O2. The summed E-state index contributed by atoms with van der Waals surface area (Å²) < 4.78 is 44.3. The van der Waals surface area contributed by atoms with E-state index in [0.29, 0.717) is 16.2 Å². The highest BCUT2D eigenvalue weighted by atomic mass is 19.4. The number of alkyl halides is 3. The molecule has 4 nitrogen and oxygen atoms in total. The number of aryl methyl sites for hydroxylation is 1. The Morgan fingerprint density at radius 2 is 1.74 bits per heavy atom. The Morgan fingerprint density at radius 1 is 1.07 bits per heavy atom. The number of rotatable bonds is 5. The van der Waals surface area contributed by atoms with Crippen LogP contribution >= 0.6 is 0 Å². The van der Waals surface area contributed by atoms with Crippen LogP contribution < -0.4 is 4.90 Å². The van der Waals surface area contributed by atoms with Crippen molar-refractivity contribution in [3.63, 3.8) is 0 Å². The number of carbonyl (C=O) groups is 1. The molecule has 0 aliphatic rings. The molecule has 0 fully saturated rings. The lowest BCUT2D eigenvalue weighted by molar-refractivity contribution is -0.118. The van der Waals surface area contributed by atoms with E-state index in [0.717, 1.165) is 12.0 Å². The Hall–Kier alpha value is -3.09. The Labute approximate surface area is 154 Å². The zero-order valence-electron chi connectivity index (χ0n) is 14.5. The molecule has 0 saturated carbocycles. The topological polar surface area (TPSA) is 46.3 Å². The predicted octanol–water partition coefficient (Wildman–Crippen LogP) is 5.11. The molecule has 1 aromatic heterocycles. The summed E-state index contributed by atoms with van der Waals surface area (Å²) in [6.07, 6.45) is -3.80. The molecule has 0 spiro atoms. The molecule has 140 valence electrons. The summed E-state index contributed by atoms with van der Waals surface area (Å²) in [4.78, 5) is 13.4. The van der Waals surface area contributed by atoms with Crippen molar-refractivity contribution >= 4 is 11.6 Å². The quantitative estimate of drug-likeness (QED) is 0.623. The fourth-order valence-corrected chi connectivity index (χ4v) is 2.62. The van der Waals surface area contributed by atoms with E-state index in [-0.39, 0.29) is 11.4 Å². The van der Waals surface area contributed by atoms with Crippen LogP contribution in [-0.2, 0) is 6.42 Å². The number of hydrogen-bond donors (Lipinski definition) is 0. The molecule has 0 atom stereocenters. The van der Waals surface area contributed by atoms with E-state index >= 15 is 0 Å². The molecule has 3 rings (SSSR count). The third-order valence-corrected chi connectivity index (χ3v) is 4.03. The molecule has 0 saturated heterocycles. The number of anilines is 1. The largest absolute Gasteiger partial charge is 0.406 e. The first-order valence-corrected chi connectivity index (χ1v) is 8.37. The van der Waals surface area contributed by atoms with Crippen LogP contribution in [0, 0.1) is 0 Å². The van der Waals surface area contributed by atoms with Crippen LogP contribution in [0.25, 0.3) is 11.3 Å². The van der Waals surface area contributed by atoms with Crippen LogP contribution in [0.2, 0.25) is 0 Å². The van der Waals surface area contributed by atoms with Crippen LogP contribution in [0.1, 0.15) is 23.0 Å². The van der Waals surface area contributed by atoms with Crippen molar-refractivity contribution < 1.29 is 22.5 Å². The fourth-order valence-electron chi connectivity index (χ4n) is 2.62. The van der Waals surface area contributed by atoms with Gasteiger partial charge in [-0.25, -0.2) is 0 Å². The fraction of sp³-hybridized carbons (Fsp3) is 0.200. The Bertz CT molecular complexity index is 903. The van der Waals surface area contributed by atoms with Crippen molar-refractivity contribution in [3.05, 3.63) is 71.9 Å². The van der Waals surface area contributed by atoms with Gasteiger partial charge in [0, 0.05) is 17.3 Å². The molecule has 0 aliphatic carbocycles. The van der Waals surface area contributed by atoms with Gasteiger partial charge < -0.3 is 4.52 Å². The summed E-state index contributed by atoms with van der Waals surface area (Å²) in [7, 11) is 0. The number of amides is 1. The van der Waals surface area contributed by atoms with Crippen molar-refractivity contribution in [1.29, 1.82) is 0 Å². The van der Waals surface area contributed by atoms with Gasteiger partial charge in [0.1, 0.15) is 6.54 Å². The van der Waals surface area contributed by atoms with E-state index in [9.17, 15) is 18.0 Å². The van der Waals surface area contributed by atoms with Gasteiger partial charge in [-0.1, -0.05) is 54.5 Å². The third-order valence-electron chi connectivity index (χ3n) is 4.03. The Kier molecular flexibility index (Phi) is 5.30. The highest BCUT2D eigenvalue weighted by Gasteiger charge is 2.35. The minimum absolute atomic E-state index is 0.152. The van der Waals surface area contributed by atoms with Crippen LogP contribution in [-0.4, -0.2) is 23.8 Å². The molecule has 0 N–H and O–H groups in total. The van der Waals surface area contributed by atoms with E-state index in [1.165, 1.54) is 18.2 Å². The van der Waals surface area contributed by atoms with Crippen molar-refractivity contribution in [1.82, 2.24) is 5.16 Å². The maximum Gasteiger partial charge on any atom is 0.406 e. The summed E-state index contributed by atoms with van der Waals surface area (Å²) in [5, 5.41) is 3.67. The Morgan fingerprint density at radius 3 is 2.33 bits per heavy atom. The van der Waals surface area contributed by atoms with Crippen molar-refractivity contribution in [2.75, 3.05) is 11.4 Å². The van der Waals surface area contributed by atoms with E-state index < -0.39 is 18.6 Å². The second-order valence-electron chi connectivity index (χ2n) is 5.97. The minimum Gasteiger partial charge on any atom is -0.355 e. The second kappa shape index (κ2) is 7.65. The first kappa shape index (κ1) is 18.7. The summed E-state index contributed by atoms with van der Waals surface area (Å²) in [6, 6.07) is 16.6. The maximum atomic E-state index is 13.0. The van der Waals surface area contributed by atoms with Gasteiger partial charge in [0.15, 0.2) is 11.5 Å². The predicted molar refractivity (Wildman–Crippen MR) is 95.5 cm³/mol. The number of nitrogens with zero attached hydrogens (tertiary/aromatic N) is 2. The SMILES string of the molecule is CCc1ccc(N(CC(F)(F)F)C(=O)c2cc(-c3ccccc3)on2)cc1.